The van der Waals surface area contributed by atoms with Gasteiger partial charge in [-0.3, -0.25) is 4.79 Å². The van der Waals surface area contributed by atoms with E-state index in [1.54, 1.807) is 21.9 Å². The molecule has 0 radical (unpaired) electrons. The predicted octanol–water partition coefficient (Wildman–Crippen LogP) is 2.19. The lowest BCUT2D eigenvalue weighted by atomic mass is 10.1. The maximum Gasteiger partial charge on any atom is 0.289 e. The van der Waals surface area contributed by atoms with E-state index < -0.39 is 0 Å². The number of hydrogen-bond donors (Lipinski definition) is 0. The number of aromatic nitrogens is 4. The molecule has 4 rings (SSSR count). The molecular formula is C20H23N5O3. The molecule has 0 spiro atoms. The highest BCUT2D eigenvalue weighted by atomic mass is 16.5. The average Bonchev–Trinajstić information content (AvgIpc) is 3.46. The highest BCUT2D eigenvalue weighted by molar-refractivity contribution is 5.91. The Labute approximate surface area is 163 Å². The van der Waals surface area contributed by atoms with Crippen molar-refractivity contribution in [3.63, 3.8) is 0 Å². The van der Waals surface area contributed by atoms with E-state index in [9.17, 15) is 4.79 Å². The second-order valence-corrected chi connectivity index (χ2v) is 6.94. The molecule has 1 fully saturated rings. The minimum Gasteiger partial charge on any atom is -0.376 e. The molecule has 1 saturated heterocycles. The van der Waals surface area contributed by atoms with Gasteiger partial charge in [0.1, 0.15) is 0 Å². The highest BCUT2D eigenvalue weighted by Gasteiger charge is 2.32. The molecule has 8 nitrogen and oxygen atoms in total. The molecule has 0 aliphatic carbocycles. The monoisotopic (exact) mass is 381 g/mol. The molecule has 1 amide bonds. The van der Waals surface area contributed by atoms with Crippen LogP contribution in [-0.2, 0) is 24.8 Å². The van der Waals surface area contributed by atoms with E-state index in [4.69, 9.17) is 9.26 Å². The quantitative estimate of drug-likeness (QED) is 0.583. The van der Waals surface area contributed by atoms with Crippen LogP contribution in [0.5, 0.6) is 0 Å². The van der Waals surface area contributed by atoms with Gasteiger partial charge in [0.2, 0.25) is 5.89 Å². The first-order valence-corrected chi connectivity index (χ1v) is 9.41. The summed E-state index contributed by atoms with van der Waals surface area (Å²) in [5.74, 6) is 1.67. The van der Waals surface area contributed by atoms with Crippen molar-refractivity contribution in [1.82, 2.24) is 24.6 Å². The third-order valence-corrected chi connectivity index (χ3v) is 4.90. The van der Waals surface area contributed by atoms with Crippen molar-refractivity contribution in [2.24, 2.45) is 7.05 Å². The van der Waals surface area contributed by atoms with E-state index in [0.29, 0.717) is 50.3 Å². The number of hydrogen-bond acceptors (Lipinski definition) is 6. The van der Waals surface area contributed by atoms with E-state index in [2.05, 4.69) is 15.1 Å². The Balaban J connectivity index is 1.26. The molecule has 0 N–H and O–H groups in total. The van der Waals surface area contributed by atoms with E-state index in [0.717, 1.165) is 12.0 Å². The Morgan fingerprint density at radius 1 is 1.32 bits per heavy atom. The van der Waals surface area contributed by atoms with Crippen molar-refractivity contribution < 1.29 is 14.1 Å². The van der Waals surface area contributed by atoms with Crippen LogP contribution in [0, 0.1) is 0 Å². The first kappa shape index (κ1) is 18.4. The molecule has 3 heterocycles. The van der Waals surface area contributed by atoms with Gasteiger partial charge in [-0.05, 0) is 12.0 Å². The summed E-state index contributed by atoms with van der Waals surface area (Å²) in [4.78, 5) is 23.0. The van der Waals surface area contributed by atoms with Gasteiger partial charge in [0.15, 0.2) is 11.6 Å². The fraction of sp³-hybridized carbons (Fsp3) is 0.400. The molecule has 1 aliphatic rings. The number of benzene rings is 1. The van der Waals surface area contributed by atoms with Crippen LogP contribution in [0.1, 0.15) is 40.2 Å². The summed E-state index contributed by atoms with van der Waals surface area (Å²) in [5.41, 5.74) is 1.14. The van der Waals surface area contributed by atoms with Gasteiger partial charge in [-0.15, -0.1) is 0 Å². The van der Waals surface area contributed by atoms with Crippen molar-refractivity contribution in [3.05, 3.63) is 65.8 Å². The predicted molar refractivity (Wildman–Crippen MR) is 101 cm³/mol. The normalized spacial score (nSPS) is 16.6. The number of amides is 1. The third kappa shape index (κ3) is 4.12. The Bertz CT molecular complexity index is 921. The van der Waals surface area contributed by atoms with Gasteiger partial charge in [0, 0.05) is 39.0 Å². The number of carbonyl (C=O) groups excluding carboxylic acids is 1. The molecule has 2 aromatic heterocycles. The highest BCUT2D eigenvalue weighted by Crippen LogP contribution is 2.26. The molecule has 28 heavy (non-hydrogen) atoms. The first-order chi connectivity index (χ1) is 13.7. The number of carbonyl (C=O) groups is 1. The van der Waals surface area contributed by atoms with Crippen LogP contribution in [0.3, 0.4) is 0 Å². The number of aryl methyl sites for hydroxylation is 1. The van der Waals surface area contributed by atoms with Crippen LogP contribution in [-0.4, -0.2) is 50.2 Å². The lowest BCUT2D eigenvalue weighted by molar-refractivity contribution is 0.0774. The molecule has 1 unspecified atom stereocenters. The number of ether oxygens (including phenoxy) is 1. The van der Waals surface area contributed by atoms with Crippen LogP contribution in [0.25, 0.3) is 0 Å². The Morgan fingerprint density at radius 2 is 2.18 bits per heavy atom. The minimum absolute atomic E-state index is 0.0655. The van der Waals surface area contributed by atoms with Crippen molar-refractivity contribution in [3.8, 4) is 0 Å². The summed E-state index contributed by atoms with van der Waals surface area (Å²) in [6.45, 7) is 2.33. The number of likely N-dealkylation sites (tertiary alicyclic amines) is 1. The lowest BCUT2D eigenvalue weighted by Gasteiger charge is -2.15. The lowest BCUT2D eigenvalue weighted by Crippen LogP contribution is -2.30. The van der Waals surface area contributed by atoms with Crippen molar-refractivity contribution >= 4 is 5.91 Å². The molecule has 1 aliphatic heterocycles. The van der Waals surface area contributed by atoms with Crippen LogP contribution >= 0.6 is 0 Å². The van der Waals surface area contributed by atoms with Crippen molar-refractivity contribution in [2.45, 2.75) is 25.4 Å². The first-order valence-electron chi connectivity index (χ1n) is 9.41. The maximum atomic E-state index is 12.6. The zero-order chi connectivity index (χ0) is 19.3. The fourth-order valence-electron chi connectivity index (χ4n) is 3.32. The summed E-state index contributed by atoms with van der Waals surface area (Å²) in [6, 6.07) is 10.0. The topological polar surface area (TPSA) is 86.3 Å². The molecule has 146 valence electrons. The van der Waals surface area contributed by atoms with E-state index in [-0.39, 0.29) is 11.8 Å². The van der Waals surface area contributed by atoms with Crippen LogP contribution < -0.4 is 0 Å². The summed E-state index contributed by atoms with van der Waals surface area (Å²) in [5, 5.41) is 4.05. The van der Waals surface area contributed by atoms with Gasteiger partial charge in [-0.2, -0.15) is 4.98 Å². The van der Waals surface area contributed by atoms with E-state index >= 15 is 0 Å². The fourth-order valence-corrected chi connectivity index (χ4v) is 3.32. The zero-order valence-corrected chi connectivity index (χ0v) is 15.8. The second-order valence-electron chi connectivity index (χ2n) is 6.94. The number of imidazole rings is 1. The van der Waals surface area contributed by atoms with Gasteiger partial charge in [0.05, 0.1) is 19.1 Å². The van der Waals surface area contributed by atoms with Crippen LogP contribution in [0.15, 0.2) is 47.2 Å². The van der Waals surface area contributed by atoms with Gasteiger partial charge in [0.25, 0.3) is 5.91 Å². The van der Waals surface area contributed by atoms with E-state index in [1.165, 1.54) is 0 Å². The van der Waals surface area contributed by atoms with Gasteiger partial charge in [-0.1, -0.05) is 35.5 Å². The Morgan fingerprint density at radius 3 is 2.96 bits per heavy atom. The SMILES string of the molecule is Cn1ccnc1C(=O)N1CCC(c2nc(CCOCc3ccccc3)no2)C1. The van der Waals surface area contributed by atoms with Crippen molar-refractivity contribution in [2.75, 3.05) is 19.7 Å². The molecule has 0 saturated carbocycles. The van der Waals surface area contributed by atoms with E-state index in [1.807, 2.05) is 37.4 Å². The molecular weight excluding hydrogens is 358 g/mol. The maximum absolute atomic E-state index is 12.6. The van der Waals surface area contributed by atoms with Crippen LogP contribution in [0.2, 0.25) is 0 Å². The molecule has 0 bridgehead atoms. The summed E-state index contributed by atoms with van der Waals surface area (Å²) in [6.07, 6.45) is 4.80. The average molecular weight is 381 g/mol. The third-order valence-electron chi connectivity index (χ3n) is 4.90. The molecule has 8 heteroatoms. The standard InChI is InChI=1S/C20H23N5O3/c1-24-11-9-21-18(24)20(26)25-10-7-16(13-25)19-22-17(23-28-19)8-12-27-14-15-5-3-2-4-6-15/h2-6,9,11,16H,7-8,10,12-14H2,1H3. The summed E-state index contributed by atoms with van der Waals surface area (Å²) in [7, 11) is 1.82. The van der Waals surface area contributed by atoms with Gasteiger partial charge < -0.3 is 18.7 Å². The number of rotatable bonds is 7. The largest absolute Gasteiger partial charge is 0.376 e. The second kappa shape index (κ2) is 8.35. The Kier molecular flexibility index (Phi) is 5.48. The molecule has 1 aromatic carbocycles. The smallest absolute Gasteiger partial charge is 0.289 e. The minimum atomic E-state index is -0.0657. The van der Waals surface area contributed by atoms with Crippen molar-refractivity contribution in [1.29, 1.82) is 0 Å². The summed E-state index contributed by atoms with van der Waals surface area (Å²) >= 11 is 0. The number of nitrogens with zero attached hydrogens (tertiary/aromatic N) is 5. The van der Waals surface area contributed by atoms with Gasteiger partial charge >= 0.3 is 0 Å². The summed E-state index contributed by atoms with van der Waals surface area (Å²) < 4.78 is 12.8. The van der Waals surface area contributed by atoms with Crippen LogP contribution in [0.4, 0.5) is 0 Å². The zero-order valence-electron chi connectivity index (χ0n) is 15.8. The molecule has 1 atom stereocenters. The van der Waals surface area contributed by atoms with Gasteiger partial charge in [-0.25, -0.2) is 4.98 Å². The molecule has 3 aromatic rings. The Hall–Kier alpha value is -3.00.